The van der Waals surface area contributed by atoms with E-state index < -0.39 is 0 Å². The number of nitrogens with one attached hydrogen (secondary N) is 1. The minimum atomic E-state index is -0.356. The van der Waals surface area contributed by atoms with E-state index in [1.165, 1.54) is 6.33 Å². The summed E-state index contributed by atoms with van der Waals surface area (Å²) >= 11 is 0. The van der Waals surface area contributed by atoms with Crippen LogP contribution in [-0.2, 0) is 25.5 Å². The fourth-order valence-electron chi connectivity index (χ4n) is 2.54. The molecule has 0 aliphatic heterocycles. The lowest BCUT2D eigenvalue weighted by Gasteiger charge is -2.16. The maximum Gasteiger partial charge on any atom is 0.323 e. The summed E-state index contributed by atoms with van der Waals surface area (Å²) in [5, 5.41) is 3.07. The number of carbonyl (C=O) groups excluding carboxylic acids is 1. The topological polar surface area (TPSA) is 126 Å². The number of carbonyl (C=O) groups is 1. The molecule has 2 aromatic heterocycles. The summed E-state index contributed by atoms with van der Waals surface area (Å²) in [6.45, 7) is 9.98. The van der Waals surface area contributed by atoms with Crippen molar-refractivity contribution in [3.63, 3.8) is 0 Å². The minimum absolute atomic E-state index is 0.0406. The summed E-state index contributed by atoms with van der Waals surface area (Å²) in [6, 6.07) is -0.356. The van der Waals surface area contributed by atoms with Gasteiger partial charge in [-0.05, 0) is 27.7 Å². The monoisotopic (exact) mass is 394 g/mol. The minimum Gasteiger partial charge on any atom is -0.462 e. The molecule has 0 saturated carbocycles. The largest absolute Gasteiger partial charge is 0.462 e. The van der Waals surface area contributed by atoms with Gasteiger partial charge in [-0.2, -0.15) is 0 Å². The number of nitrogens with two attached hydrogens (primary N) is 1. The molecular weight excluding hydrogens is 364 g/mol. The molecule has 2 rings (SSSR count). The predicted molar refractivity (Wildman–Crippen MR) is 105 cm³/mol. The predicted octanol–water partition coefficient (Wildman–Crippen LogP) is 0.760. The van der Waals surface area contributed by atoms with Gasteiger partial charge >= 0.3 is 5.97 Å². The van der Waals surface area contributed by atoms with Crippen LogP contribution in [0, 0.1) is 0 Å². The highest BCUT2D eigenvalue weighted by atomic mass is 16.5. The zero-order chi connectivity index (χ0) is 20.5. The summed E-state index contributed by atoms with van der Waals surface area (Å²) in [7, 11) is 0. The molecule has 0 bridgehead atoms. The van der Waals surface area contributed by atoms with Gasteiger partial charge in [0.25, 0.3) is 0 Å². The van der Waals surface area contributed by atoms with Gasteiger partial charge in [-0.3, -0.25) is 4.79 Å². The summed E-state index contributed by atoms with van der Waals surface area (Å²) in [5.41, 5.74) is 7.07. The van der Waals surface area contributed by atoms with Crippen molar-refractivity contribution in [1.29, 1.82) is 0 Å². The molecule has 156 valence electrons. The number of aromatic nitrogens is 4. The van der Waals surface area contributed by atoms with Crippen LogP contribution in [0.5, 0.6) is 0 Å². The lowest BCUT2D eigenvalue weighted by molar-refractivity contribution is -0.149. The van der Waals surface area contributed by atoms with E-state index in [9.17, 15) is 4.79 Å². The van der Waals surface area contributed by atoms with Crippen molar-refractivity contribution in [3.05, 3.63) is 12.7 Å². The Morgan fingerprint density at radius 1 is 1.18 bits per heavy atom. The van der Waals surface area contributed by atoms with Crippen molar-refractivity contribution in [2.45, 2.75) is 52.5 Å². The van der Waals surface area contributed by atoms with Gasteiger partial charge in [-0.1, -0.05) is 0 Å². The van der Waals surface area contributed by atoms with Crippen LogP contribution in [0.15, 0.2) is 12.7 Å². The Kier molecular flexibility index (Phi) is 8.55. The SMILES string of the molecule is CC(C)OC(=O)C(C)NCCOCCOC(C)Cn1cnc2c(N)ncnc21. The molecule has 0 aliphatic carbocycles. The van der Waals surface area contributed by atoms with Crippen molar-refractivity contribution in [1.82, 2.24) is 24.8 Å². The number of nitrogen functional groups attached to an aromatic ring is 1. The summed E-state index contributed by atoms with van der Waals surface area (Å²) < 4.78 is 18.3. The molecule has 0 saturated heterocycles. The van der Waals surface area contributed by atoms with Crippen molar-refractivity contribution >= 4 is 23.0 Å². The molecule has 3 N–H and O–H groups in total. The van der Waals surface area contributed by atoms with Crippen LogP contribution < -0.4 is 11.1 Å². The first-order chi connectivity index (χ1) is 13.4. The second kappa shape index (κ2) is 10.9. The molecule has 0 amide bonds. The van der Waals surface area contributed by atoms with Crippen LogP contribution in [0.2, 0.25) is 0 Å². The molecule has 0 radical (unpaired) electrons. The third kappa shape index (κ3) is 6.70. The molecule has 2 aromatic rings. The Balaban J connectivity index is 1.58. The number of nitrogens with zero attached hydrogens (tertiary/aromatic N) is 4. The summed E-state index contributed by atoms with van der Waals surface area (Å²) in [4.78, 5) is 24.0. The fraction of sp³-hybridized carbons (Fsp3) is 0.667. The third-order valence-corrected chi connectivity index (χ3v) is 3.92. The number of hydrogen-bond donors (Lipinski definition) is 2. The van der Waals surface area contributed by atoms with Crippen LogP contribution in [-0.4, -0.2) is 70.1 Å². The summed E-state index contributed by atoms with van der Waals surface area (Å²) in [5.74, 6) is 0.109. The van der Waals surface area contributed by atoms with E-state index in [0.29, 0.717) is 49.9 Å². The Hall–Kier alpha value is -2.30. The quantitative estimate of drug-likeness (QED) is 0.396. The number of hydrogen-bond acceptors (Lipinski definition) is 9. The molecule has 2 unspecified atom stereocenters. The Morgan fingerprint density at radius 3 is 2.71 bits per heavy atom. The van der Waals surface area contributed by atoms with Crippen molar-refractivity contribution < 1.29 is 19.0 Å². The molecule has 0 aromatic carbocycles. The lowest BCUT2D eigenvalue weighted by Crippen LogP contribution is -2.38. The van der Waals surface area contributed by atoms with Crippen LogP contribution >= 0.6 is 0 Å². The number of esters is 1. The second-order valence-corrected chi connectivity index (χ2v) is 6.78. The zero-order valence-electron chi connectivity index (χ0n) is 16.9. The van der Waals surface area contributed by atoms with E-state index in [4.69, 9.17) is 19.9 Å². The highest BCUT2D eigenvalue weighted by molar-refractivity contribution is 5.81. The number of ether oxygens (including phenoxy) is 3. The average molecular weight is 394 g/mol. The van der Waals surface area contributed by atoms with Crippen molar-refractivity contribution in [2.75, 3.05) is 32.1 Å². The van der Waals surface area contributed by atoms with Gasteiger partial charge in [0.15, 0.2) is 11.5 Å². The Morgan fingerprint density at radius 2 is 1.96 bits per heavy atom. The van der Waals surface area contributed by atoms with Gasteiger partial charge in [0.05, 0.1) is 44.9 Å². The van der Waals surface area contributed by atoms with E-state index in [-0.39, 0.29) is 24.2 Å². The number of fused-ring (bicyclic) bond motifs is 1. The van der Waals surface area contributed by atoms with Gasteiger partial charge < -0.3 is 29.8 Å². The van der Waals surface area contributed by atoms with Crippen LogP contribution in [0.3, 0.4) is 0 Å². The fourth-order valence-corrected chi connectivity index (χ4v) is 2.54. The number of rotatable bonds is 12. The normalized spacial score (nSPS) is 13.8. The molecule has 2 heterocycles. The van der Waals surface area contributed by atoms with E-state index in [1.54, 1.807) is 13.3 Å². The lowest BCUT2D eigenvalue weighted by atomic mass is 10.3. The molecule has 10 nitrogen and oxygen atoms in total. The maximum absolute atomic E-state index is 11.7. The number of anilines is 1. The first-order valence-electron chi connectivity index (χ1n) is 9.43. The Bertz CT molecular complexity index is 751. The molecule has 0 fully saturated rings. The maximum atomic E-state index is 11.7. The van der Waals surface area contributed by atoms with Crippen LogP contribution in [0.1, 0.15) is 27.7 Å². The molecular formula is C18H30N6O4. The highest BCUT2D eigenvalue weighted by Crippen LogP contribution is 2.14. The summed E-state index contributed by atoms with van der Waals surface area (Å²) in [6.07, 6.45) is 2.95. The van der Waals surface area contributed by atoms with Crippen LogP contribution in [0.4, 0.5) is 5.82 Å². The van der Waals surface area contributed by atoms with E-state index >= 15 is 0 Å². The first kappa shape index (κ1) is 22.0. The smallest absolute Gasteiger partial charge is 0.323 e. The van der Waals surface area contributed by atoms with Gasteiger partial charge in [-0.25, -0.2) is 15.0 Å². The zero-order valence-corrected chi connectivity index (χ0v) is 16.9. The van der Waals surface area contributed by atoms with Crippen molar-refractivity contribution in [3.8, 4) is 0 Å². The third-order valence-electron chi connectivity index (χ3n) is 3.92. The van der Waals surface area contributed by atoms with E-state index in [1.807, 2.05) is 25.3 Å². The first-order valence-corrected chi connectivity index (χ1v) is 9.43. The standard InChI is InChI=1S/C18H30N6O4/c1-12(2)28-18(25)14(4)20-5-6-26-7-8-27-13(3)9-24-11-23-15-16(19)21-10-22-17(15)24/h10-14,20H,5-9H2,1-4H3,(H2,19,21,22). The van der Waals surface area contributed by atoms with Gasteiger partial charge in [0.1, 0.15) is 17.9 Å². The second-order valence-electron chi connectivity index (χ2n) is 6.78. The van der Waals surface area contributed by atoms with Gasteiger partial charge in [0, 0.05) is 6.54 Å². The highest BCUT2D eigenvalue weighted by Gasteiger charge is 2.14. The molecule has 2 atom stereocenters. The van der Waals surface area contributed by atoms with Gasteiger partial charge in [0.2, 0.25) is 0 Å². The van der Waals surface area contributed by atoms with E-state index in [2.05, 4.69) is 20.3 Å². The average Bonchev–Trinajstić information content (AvgIpc) is 3.04. The van der Waals surface area contributed by atoms with Crippen LogP contribution in [0.25, 0.3) is 11.2 Å². The molecule has 28 heavy (non-hydrogen) atoms. The van der Waals surface area contributed by atoms with Crippen molar-refractivity contribution in [2.24, 2.45) is 0 Å². The van der Waals surface area contributed by atoms with Gasteiger partial charge in [-0.15, -0.1) is 0 Å². The molecule has 0 aliphatic rings. The Labute approximate surface area is 164 Å². The number of imidazole rings is 1. The van der Waals surface area contributed by atoms with E-state index in [0.717, 1.165) is 0 Å². The molecule has 0 spiro atoms. The molecule has 10 heteroatoms.